The molecule has 0 aliphatic heterocycles. The van der Waals surface area contributed by atoms with Crippen LogP contribution in [0.4, 0.5) is 0 Å². The number of aromatic nitrogens is 2. The minimum absolute atomic E-state index is 0.0264. The topological polar surface area (TPSA) is 37.8 Å². The van der Waals surface area contributed by atoms with Crippen molar-refractivity contribution in [3.05, 3.63) is 57.6 Å². The van der Waals surface area contributed by atoms with Crippen LogP contribution in [-0.4, -0.2) is 17.0 Å². The first-order chi connectivity index (χ1) is 8.61. The number of hydrogen-bond donors (Lipinski definition) is 1. The van der Waals surface area contributed by atoms with Crippen LogP contribution in [0.25, 0.3) is 0 Å². The van der Waals surface area contributed by atoms with Gasteiger partial charge in [-0.1, -0.05) is 29.3 Å². The van der Waals surface area contributed by atoms with E-state index in [1.807, 2.05) is 32.2 Å². The molecular weight excluding hydrogens is 269 g/mol. The maximum Gasteiger partial charge on any atom is 0.125 e. The second-order valence-corrected chi connectivity index (χ2v) is 4.74. The highest BCUT2D eigenvalue weighted by Crippen LogP contribution is 2.27. The Morgan fingerprint density at radius 1 is 1.17 bits per heavy atom. The second-order valence-electron chi connectivity index (χ2n) is 3.92. The van der Waals surface area contributed by atoms with Crippen molar-refractivity contribution in [3.63, 3.8) is 0 Å². The van der Waals surface area contributed by atoms with Crippen LogP contribution in [0.2, 0.25) is 10.0 Å². The molecule has 1 unspecified atom stereocenters. The smallest absolute Gasteiger partial charge is 0.125 e. The second kappa shape index (κ2) is 5.65. The molecule has 0 saturated heterocycles. The van der Waals surface area contributed by atoms with Crippen LogP contribution >= 0.6 is 23.2 Å². The van der Waals surface area contributed by atoms with Gasteiger partial charge in [-0.3, -0.25) is 0 Å². The molecule has 0 spiro atoms. The summed E-state index contributed by atoms with van der Waals surface area (Å²) in [6.45, 7) is 1.87. The summed E-state index contributed by atoms with van der Waals surface area (Å²) in [4.78, 5) is 8.52. The lowest BCUT2D eigenvalue weighted by atomic mass is 10.0. The predicted molar refractivity (Wildman–Crippen MR) is 74.1 cm³/mol. The molecule has 5 heteroatoms. The van der Waals surface area contributed by atoms with E-state index >= 15 is 0 Å². The van der Waals surface area contributed by atoms with Crippen LogP contribution in [0.3, 0.4) is 0 Å². The number of rotatable bonds is 3. The molecule has 1 atom stereocenters. The van der Waals surface area contributed by atoms with Crippen LogP contribution in [0, 0.1) is 6.92 Å². The van der Waals surface area contributed by atoms with Gasteiger partial charge in [-0.2, -0.15) is 0 Å². The molecule has 94 valence electrons. The third kappa shape index (κ3) is 2.80. The quantitative estimate of drug-likeness (QED) is 0.937. The molecule has 1 heterocycles. The molecule has 0 saturated carbocycles. The standard InChI is InChI=1S/C13H13Cl2N3/c1-8-17-6-5-12(18-8)13(16-2)9-3-4-10(14)11(15)7-9/h3-7,13,16H,1-2H3. The lowest BCUT2D eigenvalue weighted by Crippen LogP contribution is -2.19. The number of hydrogen-bond acceptors (Lipinski definition) is 3. The molecule has 18 heavy (non-hydrogen) atoms. The van der Waals surface area contributed by atoms with Gasteiger partial charge in [0.2, 0.25) is 0 Å². The van der Waals surface area contributed by atoms with E-state index in [0.717, 1.165) is 17.1 Å². The van der Waals surface area contributed by atoms with E-state index in [2.05, 4.69) is 15.3 Å². The van der Waals surface area contributed by atoms with Crippen LogP contribution in [-0.2, 0) is 0 Å². The molecule has 0 bridgehead atoms. The SMILES string of the molecule is CNC(c1ccc(Cl)c(Cl)c1)c1ccnc(C)n1. The van der Waals surface area contributed by atoms with Gasteiger partial charge in [0.1, 0.15) is 5.82 Å². The largest absolute Gasteiger partial charge is 0.308 e. The summed E-state index contributed by atoms with van der Waals surface area (Å²) in [5.41, 5.74) is 1.92. The van der Waals surface area contributed by atoms with Crippen molar-refractivity contribution in [2.24, 2.45) is 0 Å². The van der Waals surface area contributed by atoms with Gasteiger partial charge in [0, 0.05) is 6.20 Å². The van der Waals surface area contributed by atoms with Crippen LogP contribution < -0.4 is 5.32 Å². The zero-order valence-corrected chi connectivity index (χ0v) is 11.6. The molecule has 2 aromatic rings. The zero-order valence-electron chi connectivity index (χ0n) is 10.1. The molecule has 1 N–H and O–H groups in total. The van der Waals surface area contributed by atoms with Crippen molar-refractivity contribution in [2.45, 2.75) is 13.0 Å². The highest BCUT2D eigenvalue weighted by atomic mass is 35.5. The van der Waals surface area contributed by atoms with Crippen LogP contribution in [0.5, 0.6) is 0 Å². The molecule has 0 aliphatic carbocycles. The number of nitrogens with zero attached hydrogens (tertiary/aromatic N) is 2. The van der Waals surface area contributed by atoms with Crippen LogP contribution in [0.15, 0.2) is 30.5 Å². The first-order valence-corrected chi connectivity index (χ1v) is 6.29. The van der Waals surface area contributed by atoms with E-state index in [0.29, 0.717) is 10.0 Å². The van der Waals surface area contributed by atoms with E-state index in [-0.39, 0.29) is 6.04 Å². The Morgan fingerprint density at radius 2 is 1.94 bits per heavy atom. The van der Waals surface area contributed by atoms with Crippen molar-refractivity contribution in [3.8, 4) is 0 Å². The molecule has 0 aliphatic rings. The van der Waals surface area contributed by atoms with Crippen molar-refractivity contribution < 1.29 is 0 Å². The fourth-order valence-corrected chi connectivity index (χ4v) is 2.12. The van der Waals surface area contributed by atoms with Crippen molar-refractivity contribution >= 4 is 23.2 Å². The van der Waals surface area contributed by atoms with E-state index < -0.39 is 0 Å². The Kier molecular flexibility index (Phi) is 4.17. The molecule has 0 radical (unpaired) electrons. The van der Waals surface area contributed by atoms with Gasteiger partial charge in [0.25, 0.3) is 0 Å². The Balaban J connectivity index is 2.42. The summed E-state index contributed by atoms with van der Waals surface area (Å²) in [7, 11) is 1.88. The zero-order chi connectivity index (χ0) is 13.1. The third-order valence-corrected chi connectivity index (χ3v) is 3.40. The summed E-state index contributed by atoms with van der Waals surface area (Å²) in [5.74, 6) is 0.743. The lowest BCUT2D eigenvalue weighted by Gasteiger charge is -2.16. The molecule has 3 nitrogen and oxygen atoms in total. The first-order valence-electron chi connectivity index (χ1n) is 5.53. The van der Waals surface area contributed by atoms with Gasteiger partial charge < -0.3 is 5.32 Å². The highest BCUT2D eigenvalue weighted by Gasteiger charge is 2.14. The van der Waals surface area contributed by atoms with Crippen LogP contribution in [0.1, 0.15) is 23.1 Å². The monoisotopic (exact) mass is 281 g/mol. The Morgan fingerprint density at radius 3 is 2.56 bits per heavy atom. The van der Waals surface area contributed by atoms with Gasteiger partial charge in [-0.15, -0.1) is 0 Å². The van der Waals surface area contributed by atoms with Crippen molar-refractivity contribution in [1.82, 2.24) is 15.3 Å². The maximum atomic E-state index is 6.04. The predicted octanol–water partition coefficient (Wildman–Crippen LogP) is 3.40. The number of benzene rings is 1. The third-order valence-electron chi connectivity index (χ3n) is 2.66. The molecule has 0 amide bonds. The van der Waals surface area contributed by atoms with Gasteiger partial charge in [-0.05, 0) is 37.7 Å². The molecule has 2 rings (SSSR count). The minimum atomic E-state index is -0.0264. The summed E-state index contributed by atoms with van der Waals surface area (Å²) in [6.07, 6.45) is 1.75. The normalized spacial score (nSPS) is 12.4. The molecular formula is C13H13Cl2N3. The average molecular weight is 282 g/mol. The number of aryl methyl sites for hydroxylation is 1. The number of halogens is 2. The lowest BCUT2D eigenvalue weighted by molar-refractivity contribution is 0.664. The Bertz CT molecular complexity index is 558. The maximum absolute atomic E-state index is 6.04. The van der Waals surface area contributed by atoms with Gasteiger partial charge >= 0.3 is 0 Å². The molecule has 1 aromatic heterocycles. The van der Waals surface area contributed by atoms with E-state index in [1.54, 1.807) is 12.3 Å². The Hall–Kier alpha value is -1.16. The molecule has 0 fully saturated rings. The van der Waals surface area contributed by atoms with Gasteiger partial charge in [0.15, 0.2) is 0 Å². The van der Waals surface area contributed by atoms with Gasteiger partial charge in [0.05, 0.1) is 21.8 Å². The van der Waals surface area contributed by atoms with E-state index in [1.165, 1.54) is 0 Å². The summed E-state index contributed by atoms with van der Waals surface area (Å²) < 4.78 is 0. The van der Waals surface area contributed by atoms with Gasteiger partial charge in [-0.25, -0.2) is 9.97 Å². The van der Waals surface area contributed by atoms with Crippen molar-refractivity contribution in [2.75, 3.05) is 7.05 Å². The molecule has 1 aromatic carbocycles. The first kappa shape index (κ1) is 13.3. The Labute approximate surface area is 116 Å². The average Bonchev–Trinajstić information content (AvgIpc) is 2.35. The van der Waals surface area contributed by atoms with Crippen molar-refractivity contribution in [1.29, 1.82) is 0 Å². The minimum Gasteiger partial charge on any atom is -0.308 e. The fraction of sp³-hybridized carbons (Fsp3) is 0.231. The summed E-state index contributed by atoms with van der Waals surface area (Å²) >= 11 is 12.0. The number of nitrogens with one attached hydrogen (secondary N) is 1. The van der Waals surface area contributed by atoms with E-state index in [4.69, 9.17) is 23.2 Å². The van der Waals surface area contributed by atoms with E-state index in [9.17, 15) is 0 Å². The highest BCUT2D eigenvalue weighted by molar-refractivity contribution is 6.42. The summed E-state index contributed by atoms with van der Waals surface area (Å²) in [6, 6.07) is 7.44. The fourth-order valence-electron chi connectivity index (χ4n) is 1.81. The summed E-state index contributed by atoms with van der Waals surface area (Å²) in [5, 5.41) is 4.31.